The fourth-order valence-corrected chi connectivity index (χ4v) is 4.71. The monoisotopic (exact) mass is 385 g/mol. The molecule has 1 heterocycles. The van der Waals surface area contributed by atoms with Crippen LogP contribution >= 0.6 is 11.6 Å². The molecule has 1 aromatic heterocycles. The lowest BCUT2D eigenvalue weighted by atomic mass is 10.1. The zero-order valence-corrected chi connectivity index (χ0v) is 16.1. The number of aromatic nitrogens is 2. The number of carbonyl (C=O) groups is 1. The van der Waals surface area contributed by atoms with Crippen LogP contribution in [0.2, 0.25) is 5.15 Å². The van der Waals surface area contributed by atoms with Crippen molar-refractivity contribution in [1.29, 1.82) is 0 Å². The minimum Gasteiger partial charge on any atom is -0.496 e. The Kier molecular flexibility index (Phi) is 5.74. The topological polar surface area (TPSA) is 81.5 Å². The van der Waals surface area contributed by atoms with Crippen LogP contribution in [0, 0.1) is 6.92 Å². The lowest BCUT2D eigenvalue weighted by molar-refractivity contribution is -0.125. The minimum atomic E-state index is -4.10. The van der Waals surface area contributed by atoms with Crippen molar-refractivity contribution < 1.29 is 17.9 Å². The number of likely N-dealkylation sites (N-methyl/N-ethyl adjacent to an activating group) is 1. The molecule has 2 rings (SSSR count). The first kappa shape index (κ1) is 19.3. The van der Waals surface area contributed by atoms with E-state index in [9.17, 15) is 13.2 Å². The van der Waals surface area contributed by atoms with E-state index >= 15 is 0 Å². The summed E-state index contributed by atoms with van der Waals surface area (Å²) >= 11 is 6.08. The van der Waals surface area contributed by atoms with Gasteiger partial charge in [0, 0.05) is 19.2 Å². The lowest BCUT2D eigenvalue weighted by Crippen LogP contribution is -2.38. The summed E-state index contributed by atoms with van der Waals surface area (Å²) in [6.45, 7) is 3.12. The van der Waals surface area contributed by atoms with E-state index in [0.717, 1.165) is 4.31 Å². The number of aryl methyl sites for hydroxylation is 2. The number of methoxy groups -OCH3 is 1. The normalized spacial score (nSPS) is 11.4. The van der Waals surface area contributed by atoms with E-state index in [1.165, 1.54) is 18.7 Å². The van der Waals surface area contributed by atoms with Crippen LogP contribution in [-0.4, -0.2) is 42.1 Å². The lowest BCUT2D eigenvalue weighted by Gasteiger charge is -2.21. The number of hydrogen-bond donors (Lipinski definition) is 0. The zero-order chi connectivity index (χ0) is 18.8. The van der Waals surface area contributed by atoms with Gasteiger partial charge in [-0.15, -0.1) is 0 Å². The number of carbonyl (C=O) groups excluding carboxylic acids is 1. The third-order valence-corrected chi connectivity index (χ3v) is 6.34. The second kappa shape index (κ2) is 7.45. The van der Waals surface area contributed by atoms with Crippen molar-refractivity contribution >= 4 is 27.5 Å². The SMILES string of the molecule is CCN(C(=O)Cc1ccccc1OC)S(=O)(=O)c1c(C)nn(C)c1Cl. The quantitative estimate of drug-likeness (QED) is 0.761. The van der Waals surface area contributed by atoms with Gasteiger partial charge in [0.15, 0.2) is 0 Å². The Morgan fingerprint density at radius 1 is 1.36 bits per heavy atom. The van der Waals surface area contributed by atoms with Crippen LogP contribution < -0.4 is 4.74 Å². The number of amides is 1. The van der Waals surface area contributed by atoms with Gasteiger partial charge in [-0.25, -0.2) is 12.7 Å². The van der Waals surface area contributed by atoms with Crippen molar-refractivity contribution in [3.63, 3.8) is 0 Å². The summed E-state index contributed by atoms with van der Waals surface area (Å²) in [4.78, 5) is 12.5. The van der Waals surface area contributed by atoms with E-state index < -0.39 is 15.9 Å². The molecule has 1 aromatic carbocycles. The van der Waals surface area contributed by atoms with Crippen LogP contribution in [0.25, 0.3) is 0 Å². The summed E-state index contributed by atoms with van der Waals surface area (Å²) in [7, 11) is -1.06. The van der Waals surface area contributed by atoms with Gasteiger partial charge in [0.05, 0.1) is 19.2 Å². The number of sulfonamides is 1. The Labute approximate surface area is 152 Å². The molecular weight excluding hydrogens is 366 g/mol. The first-order chi connectivity index (χ1) is 11.7. The molecule has 136 valence electrons. The van der Waals surface area contributed by atoms with Gasteiger partial charge in [-0.3, -0.25) is 9.48 Å². The molecule has 7 nitrogen and oxygen atoms in total. The van der Waals surface area contributed by atoms with Gasteiger partial charge in [-0.1, -0.05) is 29.8 Å². The van der Waals surface area contributed by atoms with E-state index in [4.69, 9.17) is 16.3 Å². The Bertz CT molecular complexity index is 893. The van der Waals surface area contributed by atoms with E-state index in [1.807, 2.05) is 0 Å². The number of para-hydroxylation sites is 1. The number of ether oxygens (including phenoxy) is 1. The third-order valence-electron chi connectivity index (χ3n) is 3.75. The maximum absolute atomic E-state index is 12.9. The summed E-state index contributed by atoms with van der Waals surface area (Å²) in [6, 6.07) is 6.98. The predicted octanol–water partition coefficient (Wildman–Crippen LogP) is 2.17. The summed E-state index contributed by atoms with van der Waals surface area (Å²) < 4.78 is 33.2. The Balaban J connectivity index is 2.39. The van der Waals surface area contributed by atoms with Crippen LogP contribution in [0.4, 0.5) is 0 Å². The van der Waals surface area contributed by atoms with Crippen LogP contribution in [0.3, 0.4) is 0 Å². The number of benzene rings is 1. The molecule has 0 N–H and O–H groups in total. The van der Waals surface area contributed by atoms with Gasteiger partial charge in [0.2, 0.25) is 5.91 Å². The average molecular weight is 386 g/mol. The average Bonchev–Trinajstić information content (AvgIpc) is 2.81. The van der Waals surface area contributed by atoms with Gasteiger partial charge >= 0.3 is 0 Å². The molecule has 1 amide bonds. The fourth-order valence-electron chi connectivity index (χ4n) is 2.59. The molecular formula is C16H20ClN3O4S. The van der Waals surface area contributed by atoms with Crippen molar-refractivity contribution in [2.24, 2.45) is 7.05 Å². The number of hydrogen-bond acceptors (Lipinski definition) is 5. The molecule has 0 bridgehead atoms. The molecule has 0 unspecified atom stereocenters. The number of halogens is 1. The predicted molar refractivity (Wildman–Crippen MR) is 94.2 cm³/mol. The van der Waals surface area contributed by atoms with Gasteiger partial charge < -0.3 is 4.74 Å². The standard InChI is InChI=1S/C16H20ClN3O4S/c1-5-20(14(21)10-12-8-6-7-9-13(12)24-4)25(22,23)15-11(2)18-19(3)16(15)17/h6-9H,5,10H2,1-4H3. The van der Waals surface area contributed by atoms with Crippen LogP contribution in [-0.2, 0) is 28.3 Å². The summed E-state index contributed by atoms with van der Waals surface area (Å²) in [6.07, 6.45) is -0.103. The smallest absolute Gasteiger partial charge is 0.271 e. The Morgan fingerprint density at radius 3 is 2.52 bits per heavy atom. The fraction of sp³-hybridized carbons (Fsp3) is 0.375. The van der Waals surface area contributed by atoms with Gasteiger partial charge in [0.1, 0.15) is 15.8 Å². The largest absolute Gasteiger partial charge is 0.496 e. The molecule has 25 heavy (non-hydrogen) atoms. The molecule has 0 fully saturated rings. The van der Waals surface area contributed by atoms with E-state index in [1.54, 1.807) is 38.2 Å². The zero-order valence-electron chi connectivity index (χ0n) is 14.5. The van der Waals surface area contributed by atoms with Crippen LogP contribution in [0.15, 0.2) is 29.2 Å². The molecule has 9 heteroatoms. The molecule has 0 saturated carbocycles. The minimum absolute atomic E-state index is 0.0129. The molecule has 0 atom stereocenters. The summed E-state index contributed by atoms with van der Waals surface area (Å²) in [5.74, 6) is -0.0359. The van der Waals surface area contributed by atoms with E-state index in [2.05, 4.69) is 5.10 Å². The van der Waals surface area contributed by atoms with Crippen molar-refractivity contribution in [3.8, 4) is 5.75 Å². The molecule has 0 aliphatic rings. The van der Waals surface area contributed by atoms with E-state index in [0.29, 0.717) is 11.3 Å². The third kappa shape index (κ3) is 3.64. The van der Waals surface area contributed by atoms with Gasteiger partial charge in [0.25, 0.3) is 10.0 Å². The summed E-state index contributed by atoms with van der Waals surface area (Å²) in [5.41, 5.74) is 0.855. The van der Waals surface area contributed by atoms with Gasteiger partial charge in [-0.2, -0.15) is 5.10 Å². The van der Waals surface area contributed by atoms with Crippen molar-refractivity contribution in [2.75, 3.05) is 13.7 Å². The van der Waals surface area contributed by atoms with Crippen molar-refractivity contribution in [2.45, 2.75) is 25.2 Å². The van der Waals surface area contributed by atoms with Gasteiger partial charge in [-0.05, 0) is 19.9 Å². The molecule has 0 saturated heterocycles. The van der Waals surface area contributed by atoms with Crippen molar-refractivity contribution in [1.82, 2.24) is 14.1 Å². The van der Waals surface area contributed by atoms with Crippen molar-refractivity contribution in [3.05, 3.63) is 40.7 Å². The van der Waals surface area contributed by atoms with Crippen LogP contribution in [0.5, 0.6) is 5.75 Å². The maximum Gasteiger partial charge on any atom is 0.271 e. The highest BCUT2D eigenvalue weighted by Gasteiger charge is 2.34. The second-order valence-electron chi connectivity index (χ2n) is 5.38. The highest BCUT2D eigenvalue weighted by molar-refractivity contribution is 7.89. The molecule has 0 aliphatic carbocycles. The first-order valence-corrected chi connectivity index (χ1v) is 9.42. The first-order valence-electron chi connectivity index (χ1n) is 7.60. The Hall–Kier alpha value is -2.06. The van der Waals surface area contributed by atoms with Crippen LogP contribution in [0.1, 0.15) is 18.2 Å². The molecule has 0 aliphatic heterocycles. The van der Waals surface area contributed by atoms with E-state index in [-0.39, 0.29) is 28.7 Å². The highest BCUT2D eigenvalue weighted by Crippen LogP contribution is 2.28. The summed E-state index contributed by atoms with van der Waals surface area (Å²) in [5, 5.41) is 3.99. The molecule has 0 radical (unpaired) electrons. The Morgan fingerprint density at radius 2 is 2.00 bits per heavy atom. The number of rotatable bonds is 6. The second-order valence-corrected chi connectivity index (χ2v) is 7.54. The maximum atomic E-state index is 12.9. The molecule has 2 aromatic rings. The number of nitrogens with zero attached hydrogens (tertiary/aromatic N) is 3. The molecule has 0 spiro atoms. The highest BCUT2D eigenvalue weighted by atomic mass is 35.5.